The lowest BCUT2D eigenvalue weighted by Crippen LogP contribution is -2.38. The topological polar surface area (TPSA) is 93.5 Å². The van der Waals surface area contributed by atoms with E-state index in [-0.39, 0.29) is 34.8 Å². The minimum absolute atomic E-state index is 0.0954. The number of nitrogens with two attached hydrogens (primary N) is 1. The number of rotatable bonds is 3. The van der Waals surface area contributed by atoms with Crippen molar-refractivity contribution >= 4 is 22.6 Å². The maximum absolute atomic E-state index is 15.2. The van der Waals surface area contributed by atoms with Crippen molar-refractivity contribution in [1.82, 2.24) is 14.9 Å². The number of halogens is 4. The first-order valence-corrected chi connectivity index (χ1v) is 11.9. The van der Waals surface area contributed by atoms with Gasteiger partial charge < -0.3 is 25.1 Å². The molecule has 1 aliphatic carbocycles. The number of hydrogen-bond donors (Lipinski definition) is 2. The van der Waals surface area contributed by atoms with Gasteiger partial charge in [0.05, 0.1) is 25.0 Å². The number of H-pyrrole nitrogens is 1. The number of alkyl halides is 3. The van der Waals surface area contributed by atoms with E-state index in [0.29, 0.717) is 56.3 Å². The van der Waals surface area contributed by atoms with E-state index in [4.69, 9.17) is 10.5 Å². The Morgan fingerprint density at radius 3 is 2.69 bits per heavy atom. The monoisotopic (exact) mass is 504 g/mol. The molecule has 0 spiro atoms. The molecule has 4 heterocycles. The fourth-order valence-electron chi connectivity index (χ4n) is 6.06. The first-order valence-electron chi connectivity index (χ1n) is 11.9. The molecule has 0 unspecified atom stereocenters. The van der Waals surface area contributed by atoms with Crippen molar-refractivity contribution in [2.45, 2.75) is 37.5 Å². The number of hydrogen-bond acceptors (Lipinski definition) is 5. The number of benzene rings is 1. The third-order valence-electron chi connectivity index (χ3n) is 7.65. The molecule has 2 aliphatic heterocycles. The number of aromatic amines is 1. The van der Waals surface area contributed by atoms with Gasteiger partial charge in [0, 0.05) is 47.4 Å². The average Bonchev–Trinajstić information content (AvgIpc) is 3.49. The Morgan fingerprint density at radius 2 is 1.97 bits per heavy atom. The van der Waals surface area contributed by atoms with Gasteiger partial charge >= 0.3 is 6.36 Å². The third kappa shape index (κ3) is 3.85. The maximum atomic E-state index is 15.2. The second-order valence-corrected chi connectivity index (χ2v) is 9.73. The number of nitrogen functional groups attached to an aromatic ring is 1. The van der Waals surface area contributed by atoms with Gasteiger partial charge in [0.2, 0.25) is 0 Å². The number of nitrogens with zero attached hydrogens (tertiary/aromatic N) is 2. The van der Waals surface area contributed by atoms with Crippen LogP contribution >= 0.6 is 0 Å². The van der Waals surface area contributed by atoms with Crippen LogP contribution in [0.15, 0.2) is 24.4 Å². The predicted octanol–water partition coefficient (Wildman–Crippen LogP) is 4.49. The van der Waals surface area contributed by atoms with Crippen LogP contribution in [0.4, 0.5) is 23.2 Å². The van der Waals surface area contributed by atoms with E-state index >= 15 is 4.39 Å². The Hall–Kier alpha value is -3.34. The van der Waals surface area contributed by atoms with Gasteiger partial charge in [0.15, 0.2) is 0 Å². The first kappa shape index (κ1) is 23.1. The Kier molecular flexibility index (Phi) is 5.36. The lowest BCUT2D eigenvalue weighted by Gasteiger charge is -2.33. The second-order valence-electron chi connectivity index (χ2n) is 9.73. The minimum atomic E-state index is -4.85. The van der Waals surface area contributed by atoms with Gasteiger partial charge in [-0.05, 0) is 48.8 Å². The minimum Gasteiger partial charge on any atom is -0.406 e. The molecule has 7 nitrogen and oxygen atoms in total. The van der Waals surface area contributed by atoms with E-state index in [9.17, 15) is 18.0 Å². The molecule has 2 fully saturated rings. The summed E-state index contributed by atoms with van der Waals surface area (Å²) in [6.07, 6.45) is -1.63. The summed E-state index contributed by atoms with van der Waals surface area (Å²) < 4.78 is 62.2. The molecule has 3 aliphatic rings. The van der Waals surface area contributed by atoms with Gasteiger partial charge in [-0.25, -0.2) is 9.37 Å². The van der Waals surface area contributed by atoms with Crippen LogP contribution in [0.1, 0.15) is 51.9 Å². The van der Waals surface area contributed by atoms with Crippen LogP contribution in [0.5, 0.6) is 5.75 Å². The summed E-state index contributed by atoms with van der Waals surface area (Å²) in [5.41, 5.74) is 9.45. The molecule has 190 valence electrons. The van der Waals surface area contributed by atoms with Crippen molar-refractivity contribution in [3.63, 3.8) is 0 Å². The van der Waals surface area contributed by atoms with Crippen LogP contribution < -0.4 is 10.5 Å². The van der Waals surface area contributed by atoms with Crippen molar-refractivity contribution in [2.24, 2.45) is 5.92 Å². The van der Waals surface area contributed by atoms with Crippen molar-refractivity contribution in [1.29, 1.82) is 0 Å². The molecule has 3 aromatic rings. The molecule has 2 saturated heterocycles. The molecule has 0 bridgehead atoms. The molecule has 2 atom stereocenters. The number of ether oxygens (including phenoxy) is 2. The molecule has 6 rings (SSSR count). The Labute approximate surface area is 203 Å². The maximum Gasteiger partial charge on any atom is 0.573 e. The molecule has 1 amide bonds. The highest BCUT2D eigenvalue weighted by Crippen LogP contribution is 2.48. The lowest BCUT2D eigenvalue weighted by atomic mass is 9.85. The van der Waals surface area contributed by atoms with Gasteiger partial charge in [-0.2, -0.15) is 0 Å². The smallest absolute Gasteiger partial charge is 0.406 e. The third-order valence-corrected chi connectivity index (χ3v) is 7.65. The Morgan fingerprint density at radius 1 is 1.19 bits per heavy atom. The highest BCUT2D eigenvalue weighted by Gasteiger charge is 2.41. The summed E-state index contributed by atoms with van der Waals surface area (Å²) in [6, 6.07) is 3.29. The second kappa shape index (κ2) is 8.36. The summed E-state index contributed by atoms with van der Waals surface area (Å²) >= 11 is 0. The number of aromatic nitrogens is 2. The number of likely N-dealkylation sites (tertiary alicyclic amines) is 1. The molecule has 36 heavy (non-hydrogen) atoms. The lowest BCUT2D eigenvalue weighted by molar-refractivity contribution is -0.274. The fourth-order valence-corrected chi connectivity index (χ4v) is 6.06. The standard InChI is InChI=1S/C25H24F4N4O3/c26-17-9-31-23-22(21-16-11-35-10-13(16)7-19(21)32-23)20(17)12-3-5-33(6-4-12)24(34)15-2-1-14(8-18(15)30)36-25(27,28)29/h1-2,8-9,12-13,16H,3-7,10-11,30H2,(H,31,32)/t13-,16+/m0/s1. The summed E-state index contributed by atoms with van der Waals surface area (Å²) in [5, 5.41) is 0.859. The molecule has 2 aromatic heterocycles. The van der Waals surface area contributed by atoms with Gasteiger partial charge in [-0.1, -0.05) is 0 Å². The van der Waals surface area contributed by atoms with E-state index in [1.54, 1.807) is 4.90 Å². The number of anilines is 1. The van der Waals surface area contributed by atoms with Crippen LogP contribution in [0.2, 0.25) is 0 Å². The quantitative estimate of drug-likeness (QED) is 0.405. The Bertz CT molecular complexity index is 1350. The fraction of sp³-hybridized carbons (Fsp3) is 0.440. The van der Waals surface area contributed by atoms with Crippen LogP contribution in [0.25, 0.3) is 11.0 Å². The normalized spacial score (nSPS) is 22.2. The van der Waals surface area contributed by atoms with E-state index in [1.165, 1.54) is 12.3 Å². The SMILES string of the molecule is Nc1cc(OC(F)(F)F)ccc1C(=O)N1CCC(c2c(F)cnc3[nH]c4c(c23)[C@@H]2COC[C@@H]2C4)CC1. The van der Waals surface area contributed by atoms with E-state index in [2.05, 4.69) is 14.7 Å². The van der Waals surface area contributed by atoms with E-state index in [0.717, 1.165) is 35.2 Å². The molecular weight excluding hydrogens is 480 g/mol. The highest BCUT2D eigenvalue weighted by molar-refractivity contribution is 5.99. The zero-order chi connectivity index (χ0) is 25.2. The van der Waals surface area contributed by atoms with E-state index < -0.39 is 12.1 Å². The zero-order valence-corrected chi connectivity index (χ0v) is 19.2. The molecule has 11 heteroatoms. The van der Waals surface area contributed by atoms with E-state index in [1.807, 2.05) is 0 Å². The largest absolute Gasteiger partial charge is 0.573 e. The number of fused-ring (bicyclic) bond motifs is 5. The Balaban J connectivity index is 1.22. The summed E-state index contributed by atoms with van der Waals surface area (Å²) in [6.45, 7) is 2.07. The van der Waals surface area contributed by atoms with Gasteiger partial charge in [0.1, 0.15) is 17.2 Å². The summed E-state index contributed by atoms with van der Waals surface area (Å²) in [4.78, 5) is 22.4. The zero-order valence-electron chi connectivity index (χ0n) is 19.2. The molecule has 3 N–H and O–H groups in total. The molecule has 0 radical (unpaired) electrons. The molecule has 1 aromatic carbocycles. The van der Waals surface area contributed by atoms with Crippen LogP contribution in [0, 0.1) is 11.7 Å². The number of carbonyl (C=O) groups excluding carboxylic acids is 1. The number of pyridine rings is 1. The molecular formula is C25H24F4N4O3. The first-order chi connectivity index (χ1) is 17.2. The predicted molar refractivity (Wildman–Crippen MR) is 122 cm³/mol. The number of nitrogens with one attached hydrogen (secondary N) is 1. The number of carbonyl (C=O) groups is 1. The van der Waals surface area contributed by atoms with Crippen LogP contribution in [-0.2, 0) is 11.2 Å². The highest BCUT2D eigenvalue weighted by atomic mass is 19.4. The number of piperidine rings is 1. The van der Waals surface area contributed by atoms with Gasteiger partial charge in [0.25, 0.3) is 5.91 Å². The van der Waals surface area contributed by atoms with Crippen molar-refractivity contribution in [2.75, 3.05) is 32.0 Å². The van der Waals surface area contributed by atoms with Crippen LogP contribution in [0.3, 0.4) is 0 Å². The summed E-state index contributed by atoms with van der Waals surface area (Å²) in [7, 11) is 0. The van der Waals surface area contributed by atoms with Crippen molar-refractivity contribution in [3.05, 3.63) is 52.6 Å². The average molecular weight is 504 g/mol. The summed E-state index contributed by atoms with van der Waals surface area (Å²) in [5.74, 6) is -0.656. The number of amides is 1. The van der Waals surface area contributed by atoms with Gasteiger partial charge in [-0.3, -0.25) is 4.79 Å². The van der Waals surface area contributed by atoms with Crippen molar-refractivity contribution in [3.8, 4) is 5.75 Å². The van der Waals surface area contributed by atoms with Gasteiger partial charge in [-0.15, -0.1) is 13.2 Å². The molecule has 0 saturated carbocycles. The van der Waals surface area contributed by atoms with Crippen LogP contribution in [-0.4, -0.2) is 53.4 Å². The van der Waals surface area contributed by atoms with Crippen molar-refractivity contribution < 1.29 is 31.8 Å².